The van der Waals surface area contributed by atoms with Crippen LogP contribution in [0.4, 0.5) is 21.9 Å². The van der Waals surface area contributed by atoms with Crippen molar-refractivity contribution >= 4 is 52.8 Å². The molecule has 3 unspecified atom stereocenters. The average molecular weight is 711 g/mol. The molecule has 0 heterocycles. The smallest absolute Gasteiger partial charge is 0.326 e. The van der Waals surface area contributed by atoms with Crippen molar-refractivity contribution in [3.8, 4) is 0 Å². The predicted molar refractivity (Wildman–Crippen MR) is 189 cm³/mol. The zero-order valence-electron chi connectivity index (χ0n) is 29.2. The summed E-state index contributed by atoms with van der Waals surface area (Å²) in [7, 11) is 0. The van der Waals surface area contributed by atoms with Crippen LogP contribution in [0.3, 0.4) is 0 Å². The number of nitrogens with one attached hydrogen (secondary N) is 5. The SMILES string of the molecule is CC(C)CC(NC(=O)Cc1ccc(NC(=O)Nc2ccc([N+](=O)[O-])cc2)cc1)C(=O)NC(C/C=C/CC(NC(=O)CC(C)(C)C)C(=O)O)C(=O)O. The van der Waals surface area contributed by atoms with Gasteiger partial charge in [-0.25, -0.2) is 14.4 Å². The molecule has 0 saturated carbocycles. The first-order chi connectivity index (χ1) is 23.8. The molecule has 0 radical (unpaired) electrons. The second-order valence-corrected chi connectivity index (χ2v) is 13.5. The molecule has 5 amide bonds. The van der Waals surface area contributed by atoms with Crippen LogP contribution in [-0.2, 0) is 30.4 Å². The summed E-state index contributed by atoms with van der Waals surface area (Å²) in [6.45, 7) is 9.21. The van der Waals surface area contributed by atoms with Crippen molar-refractivity contribution in [1.82, 2.24) is 16.0 Å². The quantitative estimate of drug-likeness (QED) is 0.0659. The number of nitrogens with zero attached hydrogens (tertiary/aromatic N) is 1. The van der Waals surface area contributed by atoms with Gasteiger partial charge in [0, 0.05) is 29.9 Å². The predicted octanol–water partition coefficient (Wildman–Crippen LogP) is 4.22. The van der Waals surface area contributed by atoms with Gasteiger partial charge in [0.2, 0.25) is 17.7 Å². The first-order valence-corrected chi connectivity index (χ1v) is 16.2. The maximum atomic E-state index is 13.2. The Labute approximate surface area is 295 Å². The van der Waals surface area contributed by atoms with Crippen LogP contribution in [0.1, 0.15) is 65.9 Å². The minimum absolute atomic E-state index is 0.0341. The number of nitro benzene ring substituents is 1. The van der Waals surface area contributed by atoms with E-state index in [0.29, 0.717) is 16.9 Å². The van der Waals surface area contributed by atoms with Gasteiger partial charge in [-0.1, -0.05) is 58.9 Å². The molecule has 2 aromatic carbocycles. The van der Waals surface area contributed by atoms with Gasteiger partial charge in [0.15, 0.2) is 0 Å². The molecule has 2 rings (SSSR count). The summed E-state index contributed by atoms with van der Waals surface area (Å²) in [5.74, 6) is -4.22. The average Bonchev–Trinajstić information content (AvgIpc) is 3.01. The number of carboxylic acid groups (broad SMARTS) is 2. The van der Waals surface area contributed by atoms with Crippen molar-refractivity contribution in [3.05, 3.63) is 76.4 Å². The van der Waals surface area contributed by atoms with Crippen LogP contribution in [-0.4, -0.2) is 69.0 Å². The van der Waals surface area contributed by atoms with Gasteiger partial charge in [0.25, 0.3) is 5.69 Å². The Morgan fingerprint density at radius 2 is 1.22 bits per heavy atom. The molecule has 0 aliphatic rings. The molecule has 16 heteroatoms. The number of non-ortho nitro benzene ring substituents is 1. The Hall–Kier alpha value is -5.80. The first kappa shape index (κ1) is 41.4. The lowest BCUT2D eigenvalue weighted by Crippen LogP contribution is -2.52. The van der Waals surface area contributed by atoms with E-state index in [2.05, 4.69) is 26.6 Å². The number of aliphatic carboxylic acids is 2. The molecule has 0 bridgehead atoms. The van der Waals surface area contributed by atoms with Gasteiger partial charge in [-0.05, 0) is 60.4 Å². The lowest BCUT2D eigenvalue weighted by atomic mass is 9.92. The number of amides is 5. The molecule has 0 fully saturated rings. The summed E-state index contributed by atoms with van der Waals surface area (Å²) in [5.41, 5.74) is 0.874. The summed E-state index contributed by atoms with van der Waals surface area (Å²) in [6.07, 6.45) is 2.82. The number of benzene rings is 2. The van der Waals surface area contributed by atoms with Gasteiger partial charge >= 0.3 is 18.0 Å². The number of hydrogen-bond acceptors (Lipinski definition) is 8. The molecule has 0 aromatic heterocycles. The van der Waals surface area contributed by atoms with E-state index in [1.165, 1.54) is 36.4 Å². The molecule has 0 saturated heterocycles. The number of anilines is 2. The summed E-state index contributed by atoms with van der Waals surface area (Å²) < 4.78 is 0. The Morgan fingerprint density at radius 3 is 1.67 bits per heavy atom. The second kappa shape index (κ2) is 19.4. The van der Waals surface area contributed by atoms with Crippen molar-refractivity contribution in [2.45, 2.75) is 84.8 Å². The normalized spacial score (nSPS) is 13.1. The molecular weight excluding hydrogens is 664 g/mol. The highest BCUT2D eigenvalue weighted by Crippen LogP contribution is 2.19. The zero-order chi connectivity index (χ0) is 38.3. The fraction of sp³-hybridized carbons (Fsp3) is 0.429. The number of carbonyl (C=O) groups excluding carboxylic acids is 4. The van der Waals surface area contributed by atoms with Crippen LogP contribution in [0, 0.1) is 21.4 Å². The number of urea groups is 1. The largest absolute Gasteiger partial charge is 0.480 e. The maximum Gasteiger partial charge on any atom is 0.326 e. The minimum Gasteiger partial charge on any atom is -0.480 e. The third-order valence-corrected chi connectivity index (χ3v) is 7.12. The van der Waals surface area contributed by atoms with Crippen molar-refractivity contribution in [3.63, 3.8) is 0 Å². The van der Waals surface area contributed by atoms with Crippen molar-refractivity contribution in [1.29, 1.82) is 0 Å². The standard InChI is InChI=1S/C35H46N6O10/c1-21(2)18-28(31(44)40-27(33(47)48)9-7-6-8-26(32(45)46)38-30(43)20-35(3,4)5)39-29(42)19-22-10-12-23(13-11-22)36-34(49)37-24-14-16-25(17-15-24)41(50)51/h6-7,10-17,21,26-28H,8-9,18-20H2,1-5H3,(H,38,43)(H,39,42)(H,40,44)(H,45,46)(H,47,48)(H2,36,37,49)/b7-6+. The number of nitro groups is 1. The van der Waals surface area contributed by atoms with Gasteiger partial charge < -0.3 is 36.8 Å². The Bertz CT molecular complexity index is 1580. The molecular formula is C35H46N6O10. The van der Waals surface area contributed by atoms with Crippen LogP contribution < -0.4 is 26.6 Å². The highest BCUT2D eigenvalue weighted by Gasteiger charge is 2.27. The molecule has 16 nitrogen and oxygen atoms in total. The van der Waals surface area contributed by atoms with Gasteiger partial charge in [0.05, 0.1) is 11.3 Å². The Kier molecular flexibility index (Phi) is 15.7. The second-order valence-electron chi connectivity index (χ2n) is 13.5. The fourth-order valence-corrected chi connectivity index (χ4v) is 4.71. The van der Waals surface area contributed by atoms with E-state index in [1.807, 2.05) is 34.6 Å². The third kappa shape index (κ3) is 16.0. The van der Waals surface area contributed by atoms with Gasteiger partial charge in [-0.3, -0.25) is 24.5 Å². The van der Waals surface area contributed by atoms with Crippen LogP contribution in [0.2, 0.25) is 0 Å². The Balaban J connectivity index is 1.95. The van der Waals surface area contributed by atoms with Crippen molar-refractivity contribution in [2.75, 3.05) is 10.6 Å². The number of rotatable bonds is 18. The molecule has 0 aliphatic heterocycles. The molecule has 51 heavy (non-hydrogen) atoms. The lowest BCUT2D eigenvalue weighted by Gasteiger charge is -2.22. The van der Waals surface area contributed by atoms with Crippen LogP contribution in [0.5, 0.6) is 0 Å². The van der Waals surface area contributed by atoms with Crippen molar-refractivity contribution in [2.24, 2.45) is 11.3 Å². The monoisotopic (exact) mass is 710 g/mol. The van der Waals surface area contributed by atoms with E-state index in [9.17, 15) is 49.1 Å². The summed E-state index contributed by atoms with van der Waals surface area (Å²) in [5, 5.41) is 42.7. The highest BCUT2D eigenvalue weighted by atomic mass is 16.6. The van der Waals surface area contributed by atoms with Gasteiger partial charge in [-0.2, -0.15) is 0 Å². The number of carbonyl (C=O) groups is 6. The summed E-state index contributed by atoms with van der Waals surface area (Å²) in [4.78, 5) is 84.4. The van der Waals surface area contributed by atoms with Crippen LogP contribution in [0.15, 0.2) is 60.7 Å². The van der Waals surface area contributed by atoms with E-state index < -0.39 is 58.7 Å². The topological polar surface area (TPSA) is 246 Å². The maximum absolute atomic E-state index is 13.2. The van der Waals surface area contributed by atoms with E-state index in [-0.39, 0.29) is 49.1 Å². The molecule has 3 atom stereocenters. The van der Waals surface area contributed by atoms with Crippen LogP contribution in [0.25, 0.3) is 0 Å². The van der Waals surface area contributed by atoms with E-state index in [4.69, 9.17) is 0 Å². The minimum atomic E-state index is -1.36. The molecule has 0 spiro atoms. The molecule has 2 aromatic rings. The van der Waals surface area contributed by atoms with E-state index in [0.717, 1.165) is 0 Å². The third-order valence-electron chi connectivity index (χ3n) is 7.12. The highest BCUT2D eigenvalue weighted by molar-refractivity contribution is 5.99. The van der Waals surface area contributed by atoms with E-state index >= 15 is 0 Å². The fourth-order valence-electron chi connectivity index (χ4n) is 4.71. The Morgan fingerprint density at radius 1 is 0.745 bits per heavy atom. The number of hydrogen-bond donors (Lipinski definition) is 7. The molecule has 7 N–H and O–H groups in total. The number of carboxylic acids is 2. The zero-order valence-corrected chi connectivity index (χ0v) is 29.2. The lowest BCUT2D eigenvalue weighted by molar-refractivity contribution is -0.384. The molecule has 0 aliphatic carbocycles. The van der Waals surface area contributed by atoms with Gasteiger partial charge in [-0.15, -0.1) is 0 Å². The van der Waals surface area contributed by atoms with Crippen LogP contribution >= 0.6 is 0 Å². The van der Waals surface area contributed by atoms with Gasteiger partial charge in [0.1, 0.15) is 18.1 Å². The summed E-state index contributed by atoms with van der Waals surface area (Å²) in [6, 6.07) is 7.46. The van der Waals surface area contributed by atoms with E-state index in [1.54, 1.807) is 24.3 Å². The molecule has 276 valence electrons. The first-order valence-electron chi connectivity index (χ1n) is 16.2. The summed E-state index contributed by atoms with van der Waals surface area (Å²) >= 11 is 0. The van der Waals surface area contributed by atoms with Crippen molar-refractivity contribution < 1.29 is 43.9 Å².